The van der Waals surface area contributed by atoms with Gasteiger partial charge in [-0.1, -0.05) is 319 Å². The van der Waals surface area contributed by atoms with E-state index in [0.717, 1.165) is 51.4 Å². The Morgan fingerprint density at radius 1 is 0.425 bits per heavy atom. The molecule has 0 spiro atoms. The highest BCUT2D eigenvalue weighted by atomic mass is 31.2. The van der Waals surface area contributed by atoms with Gasteiger partial charge in [0.15, 0.2) is 0 Å². The number of carbonyl (C=O) groups excluding carboxylic acids is 1. The molecule has 0 fully saturated rings. The Bertz CT molecular complexity index is 1490. The van der Waals surface area contributed by atoms with Gasteiger partial charge in [-0.05, 0) is 70.6 Å². The maximum absolute atomic E-state index is 13.0. The molecule has 0 aliphatic carbocycles. The first-order chi connectivity index (χ1) is 39.0. The molecule has 0 radical (unpaired) electrons. The van der Waals surface area contributed by atoms with Crippen LogP contribution in [0.2, 0.25) is 0 Å². The van der Waals surface area contributed by atoms with Crippen molar-refractivity contribution in [2.45, 2.75) is 347 Å². The molecule has 0 aliphatic heterocycles. The van der Waals surface area contributed by atoms with E-state index < -0.39 is 20.0 Å². The summed E-state index contributed by atoms with van der Waals surface area (Å²) in [7, 11) is 1.57. The Kier molecular flexibility index (Phi) is 60.4. The minimum atomic E-state index is -4.36. The van der Waals surface area contributed by atoms with Crippen molar-refractivity contribution in [2.75, 3.05) is 40.9 Å². The summed E-state index contributed by atoms with van der Waals surface area (Å²) in [5, 5.41) is 13.9. The highest BCUT2D eigenvalue weighted by molar-refractivity contribution is 7.47. The molecule has 3 atom stereocenters. The summed E-state index contributed by atoms with van der Waals surface area (Å²) in [6.45, 7) is 4.81. The minimum absolute atomic E-state index is 0.0570. The van der Waals surface area contributed by atoms with Crippen LogP contribution < -0.4 is 5.32 Å². The number of unbranched alkanes of at least 4 members (excludes halogenated alkanes) is 43. The number of nitrogens with zero attached hydrogens (tertiary/aromatic N) is 1. The third-order valence-electron chi connectivity index (χ3n) is 15.7. The first-order valence-electron chi connectivity index (χ1n) is 34.7. The fourth-order valence-corrected chi connectivity index (χ4v) is 11.0. The minimum Gasteiger partial charge on any atom is -0.387 e. The summed E-state index contributed by atoms with van der Waals surface area (Å²) < 4.78 is 23.7. The number of rotatable bonds is 64. The number of carbonyl (C=O) groups is 1. The molecule has 0 aromatic rings. The molecule has 1 amide bonds. The van der Waals surface area contributed by atoms with Crippen molar-refractivity contribution < 1.29 is 32.9 Å². The zero-order chi connectivity index (χ0) is 58.4. The fourth-order valence-electron chi connectivity index (χ4n) is 10.3. The third-order valence-corrected chi connectivity index (χ3v) is 16.7. The van der Waals surface area contributed by atoms with Crippen molar-refractivity contribution in [2.24, 2.45) is 0 Å². The largest absolute Gasteiger partial charge is 0.472 e. The predicted molar refractivity (Wildman–Crippen MR) is 350 cm³/mol. The van der Waals surface area contributed by atoms with Gasteiger partial charge in [-0.3, -0.25) is 13.8 Å². The molecule has 0 saturated heterocycles. The lowest BCUT2D eigenvalue weighted by Gasteiger charge is -2.25. The molecule has 3 N–H and O–H groups in total. The molecule has 0 aromatic carbocycles. The van der Waals surface area contributed by atoms with Gasteiger partial charge in [-0.25, -0.2) is 4.57 Å². The number of quaternary nitrogens is 1. The molecule has 0 saturated carbocycles. The highest BCUT2D eigenvalue weighted by Crippen LogP contribution is 2.43. The lowest BCUT2D eigenvalue weighted by molar-refractivity contribution is -0.870. The number of allylic oxidation sites excluding steroid dienone is 9. The predicted octanol–water partition coefficient (Wildman–Crippen LogP) is 22.0. The number of aliphatic hydroxyl groups excluding tert-OH is 1. The number of nitrogens with one attached hydrogen (secondary N) is 1. The molecule has 3 unspecified atom stereocenters. The van der Waals surface area contributed by atoms with Crippen molar-refractivity contribution in [3.63, 3.8) is 0 Å². The van der Waals surface area contributed by atoms with Gasteiger partial charge in [-0.2, -0.15) is 0 Å². The van der Waals surface area contributed by atoms with E-state index in [4.69, 9.17) is 9.05 Å². The van der Waals surface area contributed by atoms with E-state index in [1.807, 2.05) is 27.2 Å². The second-order valence-corrected chi connectivity index (χ2v) is 26.4. The Hall–Kier alpha value is -1.80. The van der Waals surface area contributed by atoms with Crippen LogP contribution in [0.25, 0.3) is 0 Å². The Balaban J connectivity index is 3.91. The SMILES string of the molecule is CCCCCCC/C=C\C/C=C\C/C=C\CCCCCCCCCCCCCCCCCCCCCCCCCCCCC(=O)NC(COP(=O)(O)OCC[N+](C)(C)C)C(O)/C=C/CC/C=C/CCCCCCCCCCCCC. The molecule has 0 aromatic heterocycles. The van der Waals surface area contributed by atoms with E-state index >= 15 is 0 Å². The number of hydrogen-bond acceptors (Lipinski definition) is 5. The second kappa shape index (κ2) is 61.8. The van der Waals surface area contributed by atoms with Gasteiger partial charge < -0.3 is 19.8 Å². The number of phosphoric ester groups is 1. The average molecular weight is 1140 g/mol. The monoisotopic (exact) mass is 1140 g/mol. The van der Waals surface area contributed by atoms with Gasteiger partial charge in [0.25, 0.3) is 0 Å². The molecular weight excluding hydrogens is 1010 g/mol. The lowest BCUT2D eigenvalue weighted by atomic mass is 10.0. The van der Waals surface area contributed by atoms with Crippen molar-refractivity contribution in [1.82, 2.24) is 5.32 Å². The highest BCUT2D eigenvalue weighted by Gasteiger charge is 2.28. The van der Waals surface area contributed by atoms with E-state index in [1.54, 1.807) is 6.08 Å². The molecule has 80 heavy (non-hydrogen) atoms. The van der Waals surface area contributed by atoms with Crippen LogP contribution in [-0.2, 0) is 18.4 Å². The smallest absolute Gasteiger partial charge is 0.387 e. The Morgan fingerprint density at radius 2 is 0.725 bits per heavy atom. The van der Waals surface area contributed by atoms with Crippen LogP contribution in [-0.4, -0.2) is 73.4 Å². The van der Waals surface area contributed by atoms with Gasteiger partial charge in [-0.15, -0.1) is 0 Å². The maximum Gasteiger partial charge on any atom is 0.472 e. The third kappa shape index (κ3) is 63.8. The average Bonchev–Trinajstić information content (AvgIpc) is 3.42. The maximum atomic E-state index is 13.0. The normalized spacial score (nSPS) is 14.0. The van der Waals surface area contributed by atoms with Gasteiger partial charge >= 0.3 is 7.82 Å². The van der Waals surface area contributed by atoms with E-state index in [1.165, 1.54) is 263 Å². The second-order valence-electron chi connectivity index (χ2n) is 24.9. The van der Waals surface area contributed by atoms with Crippen LogP contribution in [0.5, 0.6) is 0 Å². The van der Waals surface area contributed by atoms with Crippen LogP contribution in [0.15, 0.2) is 60.8 Å². The molecule has 470 valence electrons. The zero-order valence-corrected chi connectivity index (χ0v) is 54.7. The quantitative estimate of drug-likeness (QED) is 0.0243. The lowest BCUT2D eigenvalue weighted by Crippen LogP contribution is -2.45. The summed E-state index contributed by atoms with van der Waals surface area (Å²) in [6, 6.07) is -0.863. The van der Waals surface area contributed by atoms with Crippen molar-refractivity contribution >= 4 is 13.7 Å². The molecule has 0 rings (SSSR count). The molecule has 0 aliphatic rings. The van der Waals surface area contributed by atoms with Gasteiger partial charge in [0.2, 0.25) is 5.91 Å². The standard InChI is InChI=1S/C71H135N2O6P/c1-6-8-10-12-14-16-18-20-22-24-25-26-27-28-29-30-31-32-33-34-35-36-37-38-39-40-41-42-43-44-45-46-47-49-51-53-55-57-59-61-63-65-71(75)72-69(68-79-80(76,77)78-67-66-73(3,4)5)70(74)64-62-60-58-56-54-52-50-48-23-21-19-17-15-13-11-9-7-2/h18,20,24-25,27-28,54,56,62,64,69-70,74H,6-17,19,21-23,26,29-53,55,57-61,63,65-68H2,1-5H3,(H-,72,75,76,77)/p+1/b20-18-,25-24-,28-27-,56-54+,64-62+. The summed E-state index contributed by atoms with van der Waals surface area (Å²) >= 11 is 0. The summed E-state index contributed by atoms with van der Waals surface area (Å²) in [6.07, 6.45) is 85.3. The zero-order valence-electron chi connectivity index (χ0n) is 53.8. The molecule has 8 nitrogen and oxygen atoms in total. The van der Waals surface area contributed by atoms with E-state index in [9.17, 15) is 19.4 Å². The molecule has 0 heterocycles. The van der Waals surface area contributed by atoms with Crippen molar-refractivity contribution in [3.8, 4) is 0 Å². The topological polar surface area (TPSA) is 105 Å². The number of likely N-dealkylation sites (N-methyl/N-ethyl adjacent to an activating group) is 1. The summed E-state index contributed by atoms with van der Waals surface area (Å²) in [5.74, 6) is -0.182. The van der Waals surface area contributed by atoms with Crippen LogP contribution in [0.4, 0.5) is 0 Å². The van der Waals surface area contributed by atoms with Gasteiger partial charge in [0.05, 0.1) is 39.9 Å². The van der Waals surface area contributed by atoms with Crippen molar-refractivity contribution in [3.05, 3.63) is 60.8 Å². The number of hydrogen-bond donors (Lipinski definition) is 3. The van der Waals surface area contributed by atoms with Gasteiger partial charge in [0.1, 0.15) is 13.2 Å². The van der Waals surface area contributed by atoms with Crippen LogP contribution >= 0.6 is 7.82 Å². The Morgan fingerprint density at radius 3 is 1.09 bits per heavy atom. The van der Waals surface area contributed by atoms with Crippen molar-refractivity contribution in [1.29, 1.82) is 0 Å². The van der Waals surface area contributed by atoms with E-state index in [0.29, 0.717) is 17.4 Å². The molecule has 0 bridgehead atoms. The van der Waals surface area contributed by atoms with E-state index in [2.05, 4.69) is 67.8 Å². The Labute approximate surface area is 498 Å². The van der Waals surface area contributed by atoms with E-state index in [-0.39, 0.29) is 19.1 Å². The first kappa shape index (κ1) is 78.2. The number of amides is 1. The molecule has 9 heteroatoms. The van der Waals surface area contributed by atoms with Crippen LogP contribution in [0.3, 0.4) is 0 Å². The number of aliphatic hydroxyl groups is 1. The van der Waals surface area contributed by atoms with Gasteiger partial charge in [0, 0.05) is 6.42 Å². The van der Waals surface area contributed by atoms with Crippen LogP contribution in [0, 0.1) is 0 Å². The van der Waals surface area contributed by atoms with Crippen LogP contribution in [0.1, 0.15) is 335 Å². The first-order valence-corrected chi connectivity index (χ1v) is 36.2. The summed E-state index contributed by atoms with van der Waals surface area (Å²) in [5.41, 5.74) is 0. The molecular formula is C71H136N2O6P+. The number of phosphoric acid groups is 1. The fraction of sp³-hybridized carbons (Fsp3) is 0.845. The summed E-state index contributed by atoms with van der Waals surface area (Å²) in [4.78, 5) is 23.4.